The summed E-state index contributed by atoms with van der Waals surface area (Å²) in [4.78, 5) is 38.8. The van der Waals surface area contributed by atoms with Crippen LogP contribution in [0.2, 0.25) is 0 Å². The van der Waals surface area contributed by atoms with Crippen molar-refractivity contribution in [3.8, 4) is 0 Å². The van der Waals surface area contributed by atoms with E-state index >= 15 is 0 Å². The third-order valence-corrected chi connectivity index (χ3v) is 5.18. The Hall–Kier alpha value is -2.83. The summed E-state index contributed by atoms with van der Waals surface area (Å²) in [5, 5.41) is 4.08. The van der Waals surface area contributed by atoms with Crippen molar-refractivity contribution < 1.29 is 14.4 Å². The topological polar surface area (TPSA) is 81.8 Å². The van der Waals surface area contributed by atoms with Crippen molar-refractivity contribution >= 4 is 17.8 Å². The zero-order valence-corrected chi connectivity index (χ0v) is 14.7. The third kappa shape index (κ3) is 3.42. The van der Waals surface area contributed by atoms with E-state index in [4.69, 9.17) is 0 Å². The van der Waals surface area contributed by atoms with Crippen molar-refractivity contribution in [2.75, 3.05) is 26.2 Å². The SMILES string of the molecule is C=CC(=O)N1CCC(C(=O)NN2CCCNC2=O)(c2ccccc2)CC1. The van der Waals surface area contributed by atoms with Crippen LogP contribution in [0.25, 0.3) is 0 Å². The van der Waals surface area contributed by atoms with Gasteiger partial charge in [0.15, 0.2) is 0 Å². The van der Waals surface area contributed by atoms with Crippen LogP contribution in [0, 0.1) is 0 Å². The lowest BCUT2D eigenvalue weighted by molar-refractivity contribution is -0.136. The van der Waals surface area contributed by atoms with Crippen LogP contribution >= 0.6 is 0 Å². The first-order valence-electron chi connectivity index (χ1n) is 8.90. The molecule has 7 nitrogen and oxygen atoms in total. The molecule has 0 unspecified atom stereocenters. The van der Waals surface area contributed by atoms with Gasteiger partial charge in [-0.2, -0.15) is 0 Å². The Morgan fingerprint density at radius 1 is 1.15 bits per heavy atom. The number of nitrogens with one attached hydrogen (secondary N) is 2. The minimum absolute atomic E-state index is 0.123. The lowest BCUT2D eigenvalue weighted by Crippen LogP contribution is -2.60. The van der Waals surface area contributed by atoms with Crippen LogP contribution in [0.4, 0.5) is 4.79 Å². The van der Waals surface area contributed by atoms with Gasteiger partial charge in [-0.1, -0.05) is 36.9 Å². The zero-order chi connectivity index (χ0) is 18.6. The molecule has 0 bridgehead atoms. The second kappa shape index (κ2) is 7.59. The molecule has 138 valence electrons. The number of nitrogens with zero attached hydrogens (tertiary/aromatic N) is 2. The molecule has 2 aliphatic rings. The van der Waals surface area contributed by atoms with E-state index in [0.29, 0.717) is 39.0 Å². The Balaban J connectivity index is 1.82. The maximum absolute atomic E-state index is 13.2. The number of piperidine rings is 1. The monoisotopic (exact) mass is 356 g/mol. The van der Waals surface area contributed by atoms with Crippen molar-refractivity contribution in [2.45, 2.75) is 24.7 Å². The highest BCUT2D eigenvalue weighted by atomic mass is 16.2. The molecule has 7 heteroatoms. The Kier molecular flexibility index (Phi) is 5.25. The number of benzene rings is 1. The molecular formula is C19H24N4O3. The minimum atomic E-state index is -0.767. The molecule has 2 fully saturated rings. The molecule has 0 atom stereocenters. The molecule has 3 rings (SSSR count). The van der Waals surface area contributed by atoms with E-state index in [0.717, 1.165) is 12.0 Å². The van der Waals surface area contributed by atoms with Crippen LogP contribution < -0.4 is 10.7 Å². The normalized spacial score (nSPS) is 19.5. The lowest BCUT2D eigenvalue weighted by atomic mass is 9.72. The number of urea groups is 1. The van der Waals surface area contributed by atoms with Crippen molar-refractivity contribution in [3.63, 3.8) is 0 Å². The number of likely N-dealkylation sites (tertiary alicyclic amines) is 1. The predicted molar refractivity (Wildman–Crippen MR) is 97.0 cm³/mol. The van der Waals surface area contributed by atoms with Crippen LogP contribution in [0.15, 0.2) is 43.0 Å². The van der Waals surface area contributed by atoms with Gasteiger partial charge in [0.05, 0.1) is 5.41 Å². The number of hydrogen-bond donors (Lipinski definition) is 2. The summed E-state index contributed by atoms with van der Waals surface area (Å²) < 4.78 is 0. The lowest BCUT2D eigenvalue weighted by Gasteiger charge is -2.42. The maximum atomic E-state index is 13.2. The van der Waals surface area contributed by atoms with Crippen LogP contribution in [-0.2, 0) is 15.0 Å². The molecule has 1 aromatic carbocycles. The molecule has 0 spiro atoms. The third-order valence-electron chi connectivity index (χ3n) is 5.18. The molecule has 1 aromatic rings. The van der Waals surface area contributed by atoms with Gasteiger partial charge >= 0.3 is 6.03 Å². The maximum Gasteiger partial charge on any atom is 0.336 e. The minimum Gasteiger partial charge on any atom is -0.339 e. The van der Waals surface area contributed by atoms with Gasteiger partial charge in [0.1, 0.15) is 0 Å². The fraction of sp³-hybridized carbons (Fsp3) is 0.421. The Labute approximate surface area is 153 Å². The highest BCUT2D eigenvalue weighted by Gasteiger charge is 2.44. The summed E-state index contributed by atoms with van der Waals surface area (Å²) in [6.07, 6.45) is 3.08. The Morgan fingerprint density at radius 2 is 1.85 bits per heavy atom. The second-order valence-electron chi connectivity index (χ2n) is 6.66. The molecule has 2 saturated heterocycles. The van der Waals surface area contributed by atoms with Gasteiger partial charge in [-0.05, 0) is 30.9 Å². The van der Waals surface area contributed by atoms with E-state index in [1.54, 1.807) is 4.90 Å². The summed E-state index contributed by atoms with van der Waals surface area (Å²) in [6, 6.07) is 9.29. The summed E-state index contributed by atoms with van der Waals surface area (Å²) in [6.45, 7) is 5.58. The largest absolute Gasteiger partial charge is 0.339 e. The first-order valence-corrected chi connectivity index (χ1v) is 8.90. The fourth-order valence-electron chi connectivity index (χ4n) is 3.61. The van der Waals surface area contributed by atoms with Crippen molar-refractivity contribution in [1.29, 1.82) is 0 Å². The summed E-state index contributed by atoms with van der Waals surface area (Å²) in [5.74, 6) is -0.325. The first kappa shape index (κ1) is 18.0. The quantitative estimate of drug-likeness (QED) is 0.795. The fourth-order valence-corrected chi connectivity index (χ4v) is 3.61. The Bertz CT molecular complexity index is 696. The summed E-state index contributed by atoms with van der Waals surface area (Å²) in [7, 11) is 0. The predicted octanol–water partition coefficient (Wildman–Crippen LogP) is 1.18. The number of carbonyl (C=O) groups is 3. The van der Waals surface area contributed by atoms with Crippen molar-refractivity contribution in [1.82, 2.24) is 20.7 Å². The molecule has 2 N–H and O–H groups in total. The molecule has 0 aromatic heterocycles. The van der Waals surface area contributed by atoms with E-state index in [-0.39, 0.29) is 17.8 Å². The van der Waals surface area contributed by atoms with Crippen LogP contribution in [0.5, 0.6) is 0 Å². The molecular weight excluding hydrogens is 332 g/mol. The van der Waals surface area contributed by atoms with E-state index in [1.165, 1.54) is 11.1 Å². The van der Waals surface area contributed by atoms with Gasteiger partial charge < -0.3 is 10.2 Å². The number of hydrazine groups is 1. The van der Waals surface area contributed by atoms with E-state index in [9.17, 15) is 14.4 Å². The smallest absolute Gasteiger partial charge is 0.336 e. The first-order chi connectivity index (χ1) is 12.6. The molecule has 2 heterocycles. The van der Waals surface area contributed by atoms with Gasteiger partial charge in [0, 0.05) is 26.2 Å². The van der Waals surface area contributed by atoms with E-state index in [2.05, 4.69) is 17.3 Å². The highest BCUT2D eigenvalue weighted by molar-refractivity contribution is 5.91. The van der Waals surface area contributed by atoms with Gasteiger partial charge in [-0.3, -0.25) is 15.0 Å². The highest BCUT2D eigenvalue weighted by Crippen LogP contribution is 2.36. The molecule has 26 heavy (non-hydrogen) atoms. The van der Waals surface area contributed by atoms with Gasteiger partial charge in [0.2, 0.25) is 11.8 Å². The number of amides is 4. The average molecular weight is 356 g/mol. The van der Waals surface area contributed by atoms with Gasteiger partial charge in [0.25, 0.3) is 0 Å². The molecule has 2 aliphatic heterocycles. The summed E-state index contributed by atoms with van der Waals surface area (Å²) in [5.41, 5.74) is 2.93. The van der Waals surface area contributed by atoms with E-state index < -0.39 is 5.41 Å². The van der Waals surface area contributed by atoms with Gasteiger partial charge in [-0.25, -0.2) is 9.80 Å². The molecule has 4 amide bonds. The number of carbonyl (C=O) groups excluding carboxylic acids is 3. The van der Waals surface area contributed by atoms with Crippen LogP contribution in [0.1, 0.15) is 24.8 Å². The van der Waals surface area contributed by atoms with Crippen LogP contribution in [0.3, 0.4) is 0 Å². The second-order valence-corrected chi connectivity index (χ2v) is 6.66. The number of hydrogen-bond acceptors (Lipinski definition) is 3. The zero-order valence-electron chi connectivity index (χ0n) is 14.7. The van der Waals surface area contributed by atoms with Crippen LogP contribution in [-0.4, -0.2) is 53.9 Å². The van der Waals surface area contributed by atoms with Crippen molar-refractivity contribution in [2.24, 2.45) is 0 Å². The molecule has 0 aliphatic carbocycles. The van der Waals surface area contributed by atoms with E-state index in [1.807, 2.05) is 30.3 Å². The summed E-state index contributed by atoms with van der Waals surface area (Å²) >= 11 is 0. The Morgan fingerprint density at radius 3 is 2.46 bits per heavy atom. The number of rotatable bonds is 4. The molecule has 0 saturated carbocycles. The average Bonchev–Trinajstić information content (AvgIpc) is 2.69. The molecule has 0 radical (unpaired) electrons. The standard InChI is InChI=1S/C19H24N4O3/c1-2-16(24)22-13-9-19(10-14-22,15-7-4-3-5-8-15)17(25)21-23-12-6-11-20-18(23)26/h2-5,7-8H,1,6,9-14H2,(H,20,26)(H,21,25). The van der Waals surface area contributed by atoms with Gasteiger partial charge in [-0.15, -0.1) is 0 Å². The van der Waals surface area contributed by atoms with Crippen molar-refractivity contribution in [3.05, 3.63) is 48.6 Å².